The van der Waals surface area contributed by atoms with Gasteiger partial charge in [0.05, 0.1) is 0 Å². The zero-order chi connectivity index (χ0) is 16.9. The van der Waals surface area contributed by atoms with Crippen molar-refractivity contribution in [2.24, 2.45) is 0 Å². The van der Waals surface area contributed by atoms with Crippen molar-refractivity contribution in [1.82, 2.24) is 9.80 Å². The van der Waals surface area contributed by atoms with Crippen LogP contribution in [0.3, 0.4) is 0 Å². The number of amides is 1. The summed E-state index contributed by atoms with van der Waals surface area (Å²) in [5.74, 6) is -2.12. The van der Waals surface area contributed by atoms with Crippen molar-refractivity contribution in [2.45, 2.75) is 38.1 Å². The molecule has 3 nitrogen and oxygen atoms in total. The monoisotopic (exact) mass is 334 g/mol. The Morgan fingerprint density at radius 3 is 2.42 bits per heavy atom. The molecule has 0 aromatic heterocycles. The first kappa shape index (κ1) is 17.1. The molecule has 130 valence electrons. The summed E-state index contributed by atoms with van der Waals surface area (Å²) >= 11 is 0. The summed E-state index contributed by atoms with van der Waals surface area (Å²) in [4.78, 5) is 16.4. The Hall–Kier alpha value is -1.75. The average Bonchev–Trinajstić information content (AvgIpc) is 2.54. The van der Waals surface area contributed by atoms with E-state index in [2.05, 4.69) is 17.1 Å². The first-order valence-electron chi connectivity index (χ1n) is 8.81. The maximum atomic E-state index is 13.8. The summed E-state index contributed by atoms with van der Waals surface area (Å²) in [6.45, 7) is 2.52. The molecule has 1 fully saturated rings. The molecule has 1 saturated heterocycles. The van der Waals surface area contributed by atoms with Crippen molar-refractivity contribution in [3.63, 3.8) is 0 Å². The SMILES string of the molecule is O=C(c1c(F)cccc1F)N1CCN(C2C=CCCCCC2)CC1. The molecule has 1 heterocycles. The largest absolute Gasteiger partial charge is 0.336 e. The van der Waals surface area contributed by atoms with E-state index in [1.165, 1.54) is 25.3 Å². The van der Waals surface area contributed by atoms with E-state index in [9.17, 15) is 13.6 Å². The lowest BCUT2D eigenvalue weighted by atomic mass is 10.0. The first-order chi connectivity index (χ1) is 11.7. The highest BCUT2D eigenvalue weighted by molar-refractivity contribution is 5.94. The van der Waals surface area contributed by atoms with Gasteiger partial charge in [-0.1, -0.05) is 31.1 Å². The van der Waals surface area contributed by atoms with Gasteiger partial charge < -0.3 is 4.90 Å². The third-order valence-corrected chi connectivity index (χ3v) is 4.98. The molecule has 0 N–H and O–H groups in total. The van der Waals surface area contributed by atoms with Crippen LogP contribution < -0.4 is 0 Å². The first-order valence-corrected chi connectivity index (χ1v) is 8.81. The molecular weight excluding hydrogens is 310 g/mol. The van der Waals surface area contributed by atoms with E-state index in [-0.39, 0.29) is 0 Å². The summed E-state index contributed by atoms with van der Waals surface area (Å²) in [6.07, 6.45) is 10.6. The fourth-order valence-electron chi connectivity index (χ4n) is 3.56. The molecule has 1 aliphatic carbocycles. The molecule has 24 heavy (non-hydrogen) atoms. The molecule has 1 amide bonds. The Morgan fingerprint density at radius 1 is 1.00 bits per heavy atom. The molecule has 0 saturated carbocycles. The number of piperazine rings is 1. The summed E-state index contributed by atoms with van der Waals surface area (Å²) in [5, 5.41) is 0. The van der Waals surface area contributed by atoms with E-state index >= 15 is 0 Å². The van der Waals surface area contributed by atoms with Crippen molar-refractivity contribution < 1.29 is 13.6 Å². The van der Waals surface area contributed by atoms with Crippen molar-refractivity contribution in [2.75, 3.05) is 26.2 Å². The third-order valence-electron chi connectivity index (χ3n) is 4.98. The summed E-state index contributed by atoms with van der Waals surface area (Å²) < 4.78 is 27.6. The predicted molar refractivity (Wildman–Crippen MR) is 89.8 cm³/mol. The maximum Gasteiger partial charge on any atom is 0.259 e. The van der Waals surface area contributed by atoms with Crippen LogP contribution in [0, 0.1) is 11.6 Å². The van der Waals surface area contributed by atoms with Gasteiger partial charge in [0.2, 0.25) is 0 Å². The standard InChI is InChI=1S/C19H24F2N2O/c20-16-9-6-10-17(21)18(16)19(24)23-13-11-22(12-14-23)15-7-4-2-1-3-5-8-15/h4,6-7,9-10,15H,1-3,5,8,11-14H2. The molecule has 1 unspecified atom stereocenters. The van der Waals surface area contributed by atoms with Gasteiger partial charge in [0.15, 0.2) is 0 Å². The summed E-state index contributed by atoms with van der Waals surface area (Å²) in [7, 11) is 0. The third kappa shape index (κ3) is 3.83. The van der Waals surface area contributed by atoms with Crippen molar-refractivity contribution in [3.05, 3.63) is 47.5 Å². The lowest BCUT2D eigenvalue weighted by Crippen LogP contribution is -2.51. The van der Waals surface area contributed by atoms with Crippen LogP contribution in [-0.2, 0) is 0 Å². The van der Waals surface area contributed by atoms with Gasteiger partial charge in [0.25, 0.3) is 5.91 Å². The summed E-state index contributed by atoms with van der Waals surface area (Å²) in [5.41, 5.74) is -0.434. The van der Waals surface area contributed by atoms with Crippen molar-refractivity contribution in [1.29, 1.82) is 0 Å². The lowest BCUT2D eigenvalue weighted by molar-refractivity contribution is 0.0585. The van der Waals surface area contributed by atoms with Crippen LogP contribution >= 0.6 is 0 Å². The van der Waals surface area contributed by atoms with Gasteiger partial charge >= 0.3 is 0 Å². The Kier molecular flexibility index (Phi) is 5.61. The smallest absolute Gasteiger partial charge is 0.259 e. The highest BCUT2D eigenvalue weighted by Crippen LogP contribution is 2.20. The number of allylic oxidation sites excluding steroid dienone is 1. The van der Waals surface area contributed by atoms with Gasteiger partial charge in [-0.15, -0.1) is 0 Å². The van der Waals surface area contributed by atoms with Gasteiger partial charge in [-0.3, -0.25) is 9.69 Å². The molecular formula is C19H24F2N2O. The Balaban J connectivity index is 1.62. The molecule has 1 aromatic rings. The fraction of sp³-hybridized carbons (Fsp3) is 0.526. The number of benzene rings is 1. The molecule has 0 spiro atoms. The van der Waals surface area contributed by atoms with Crippen LogP contribution in [0.4, 0.5) is 8.78 Å². The van der Waals surface area contributed by atoms with Crippen molar-refractivity contribution >= 4 is 5.91 Å². The summed E-state index contributed by atoms with van der Waals surface area (Å²) in [6, 6.07) is 3.96. The van der Waals surface area contributed by atoms with Crippen LogP contribution in [0.1, 0.15) is 42.5 Å². The molecule has 0 radical (unpaired) electrons. The van der Waals surface area contributed by atoms with Crippen LogP contribution in [-0.4, -0.2) is 47.9 Å². The zero-order valence-electron chi connectivity index (χ0n) is 13.9. The van der Waals surface area contributed by atoms with Gasteiger partial charge in [-0.05, 0) is 31.4 Å². The lowest BCUT2D eigenvalue weighted by Gasteiger charge is -2.38. The second-order valence-electron chi connectivity index (χ2n) is 6.56. The number of halogens is 2. The average molecular weight is 334 g/mol. The molecule has 3 rings (SSSR count). The molecule has 1 aromatic carbocycles. The zero-order valence-corrected chi connectivity index (χ0v) is 13.9. The van der Waals surface area contributed by atoms with E-state index in [0.29, 0.717) is 19.1 Å². The minimum atomic E-state index is -0.787. The number of carbonyl (C=O) groups excluding carboxylic acids is 1. The molecule has 5 heteroatoms. The second-order valence-corrected chi connectivity index (χ2v) is 6.56. The molecule has 0 bridgehead atoms. The number of hydrogen-bond donors (Lipinski definition) is 0. The van der Waals surface area contributed by atoms with Crippen LogP contribution in [0.5, 0.6) is 0 Å². The minimum Gasteiger partial charge on any atom is -0.336 e. The van der Waals surface area contributed by atoms with Crippen LogP contribution in [0.15, 0.2) is 30.4 Å². The number of carbonyl (C=O) groups is 1. The number of nitrogens with zero attached hydrogens (tertiary/aromatic N) is 2. The molecule has 2 aliphatic rings. The van der Waals surface area contributed by atoms with Gasteiger partial charge in [0, 0.05) is 32.2 Å². The Bertz CT molecular complexity index is 589. The quantitative estimate of drug-likeness (QED) is 0.772. The Morgan fingerprint density at radius 2 is 1.71 bits per heavy atom. The topological polar surface area (TPSA) is 23.6 Å². The van der Waals surface area contributed by atoms with Crippen molar-refractivity contribution in [3.8, 4) is 0 Å². The normalized spacial score (nSPS) is 22.9. The van der Waals surface area contributed by atoms with Gasteiger partial charge in [-0.25, -0.2) is 8.78 Å². The Labute approximate surface area is 141 Å². The molecule has 1 aliphatic heterocycles. The van der Waals surface area contributed by atoms with E-state index in [1.807, 2.05) is 0 Å². The fourth-order valence-corrected chi connectivity index (χ4v) is 3.56. The van der Waals surface area contributed by atoms with E-state index in [4.69, 9.17) is 0 Å². The van der Waals surface area contributed by atoms with Gasteiger partial charge in [-0.2, -0.15) is 0 Å². The number of hydrogen-bond acceptors (Lipinski definition) is 2. The van der Waals surface area contributed by atoms with Crippen LogP contribution in [0.25, 0.3) is 0 Å². The highest BCUT2D eigenvalue weighted by Gasteiger charge is 2.28. The van der Waals surface area contributed by atoms with E-state index < -0.39 is 23.1 Å². The predicted octanol–water partition coefficient (Wildman–Crippen LogP) is 3.61. The van der Waals surface area contributed by atoms with E-state index in [0.717, 1.165) is 38.1 Å². The maximum absolute atomic E-state index is 13.8. The molecule has 1 atom stereocenters. The van der Waals surface area contributed by atoms with E-state index in [1.54, 1.807) is 4.90 Å². The minimum absolute atomic E-state index is 0.424. The highest BCUT2D eigenvalue weighted by atomic mass is 19.1. The van der Waals surface area contributed by atoms with Gasteiger partial charge in [0.1, 0.15) is 17.2 Å². The number of rotatable bonds is 2. The second kappa shape index (κ2) is 7.88. The van der Waals surface area contributed by atoms with Crippen LogP contribution in [0.2, 0.25) is 0 Å².